The first kappa shape index (κ1) is 11.5. The number of ether oxygens (including phenoxy) is 1. The molecule has 0 saturated carbocycles. The van der Waals surface area contributed by atoms with Crippen molar-refractivity contribution in [2.75, 3.05) is 19.5 Å². The molecule has 1 aromatic heterocycles. The summed E-state index contributed by atoms with van der Waals surface area (Å²) < 4.78 is 5.23. The van der Waals surface area contributed by atoms with Crippen LogP contribution in [0.15, 0.2) is 18.2 Å². The van der Waals surface area contributed by atoms with Gasteiger partial charge in [-0.15, -0.1) is 0 Å². The van der Waals surface area contributed by atoms with Gasteiger partial charge in [0.15, 0.2) is 0 Å². The SMILES string of the molecule is CNc1cc(C#N)c2c(OC)ccc(Cl)c2n1. The van der Waals surface area contributed by atoms with Gasteiger partial charge in [-0.25, -0.2) is 4.98 Å². The number of pyridine rings is 1. The molecule has 2 aromatic rings. The zero-order valence-electron chi connectivity index (χ0n) is 9.41. The van der Waals surface area contributed by atoms with E-state index in [1.165, 1.54) is 0 Å². The predicted molar refractivity (Wildman–Crippen MR) is 67.6 cm³/mol. The molecule has 0 aliphatic heterocycles. The molecule has 0 spiro atoms. The Morgan fingerprint density at radius 1 is 1.47 bits per heavy atom. The first-order chi connectivity index (χ1) is 8.21. The minimum atomic E-state index is 0.485. The third-order valence-electron chi connectivity index (χ3n) is 2.47. The quantitative estimate of drug-likeness (QED) is 0.887. The molecule has 1 heterocycles. The first-order valence-electron chi connectivity index (χ1n) is 4.96. The van der Waals surface area contributed by atoms with Gasteiger partial charge in [0, 0.05) is 7.05 Å². The van der Waals surface area contributed by atoms with Crippen LogP contribution in [0.4, 0.5) is 5.82 Å². The van der Waals surface area contributed by atoms with Crippen molar-refractivity contribution >= 4 is 28.3 Å². The van der Waals surface area contributed by atoms with Gasteiger partial charge in [-0.3, -0.25) is 0 Å². The number of rotatable bonds is 2. The summed E-state index contributed by atoms with van der Waals surface area (Å²) in [6.07, 6.45) is 0. The average Bonchev–Trinajstić information content (AvgIpc) is 2.38. The summed E-state index contributed by atoms with van der Waals surface area (Å²) in [6, 6.07) is 7.23. The Bertz CT molecular complexity index is 619. The van der Waals surface area contributed by atoms with Crippen molar-refractivity contribution in [2.24, 2.45) is 0 Å². The van der Waals surface area contributed by atoms with Gasteiger partial charge < -0.3 is 10.1 Å². The molecule has 4 nitrogen and oxygen atoms in total. The van der Waals surface area contributed by atoms with Gasteiger partial charge in [0.25, 0.3) is 0 Å². The van der Waals surface area contributed by atoms with Crippen molar-refractivity contribution in [1.29, 1.82) is 5.26 Å². The van der Waals surface area contributed by atoms with Crippen molar-refractivity contribution in [3.05, 3.63) is 28.8 Å². The fourth-order valence-electron chi connectivity index (χ4n) is 1.66. The monoisotopic (exact) mass is 247 g/mol. The lowest BCUT2D eigenvalue weighted by Gasteiger charge is -2.09. The number of benzene rings is 1. The molecule has 0 saturated heterocycles. The van der Waals surface area contributed by atoms with Crippen LogP contribution in [0.5, 0.6) is 5.75 Å². The van der Waals surface area contributed by atoms with Crippen LogP contribution in [-0.4, -0.2) is 19.1 Å². The van der Waals surface area contributed by atoms with E-state index in [1.807, 2.05) is 0 Å². The molecule has 0 fully saturated rings. The van der Waals surface area contributed by atoms with Crippen LogP contribution in [0.3, 0.4) is 0 Å². The largest absolute Gasteiger partial charge is 0.496 e. The number of nitrogens with one attached hydrogen (secondary N) is 1. The number of halogens is 1. The second-order valence-electron chi connectivity index (χ2n) is 3.39. The lowest BCUT2D eigenvalue weighted by molar-refractivity contribution is 0.419. The molecule has 17 heavy (non-hydrogen) atoms. The molecule has 0 bridgehead atoms. The van der Waals surface area contributed by atoms with Gasteiger partial charge in [-0.1, -0.05) is 11.6 Å². The molecule has 0 atom stereocenters. The molecule has 0 aliphatic rings. The molecule has 0 unspecified atom stereocenters. The van der Waals surface area contributed by atoms with Gasteiger partial charge in [-0.2, -0.15) is 5.26 Å². The smallest absolute Gasteiger partial charge is 0.129 e. The number of hydrogen-bond acceptors (Lipinski definition) is 4. The Morgan fingerprint density at radius 3 is 2.82 bits per heavy atom. The molecule has 2 rings (SSSR count). The lowest BCUT2D eigenvalue weighted by atomic mass is 10.1. The van der Waals surface area contributed by atoms with Crippen molar-refractivity contribution < 1.29 is 4.74 Å². The maximum Gasteiger partial charge on any atom is 0.129 e. The number of aromatic nitrogens is 1. The van der Waals surface area contributed by atoms with Crippen molar-refractivity contribution in [1.82, 2.24) is 4.98 Å². The molecule has 86 valence electrons. The molecule has 1 aromatic carbocycles. The summed E-state index contributed by atoms with van der Waals surface area (Å²) >= 11 is 6.09. The highest BCUT2D eigenvalue weighted by Gasteiger charge is 2.12. The van der Waals surface area contributed by atoms with Gasteiger partial charge in [0.05, 0.1) is 28.6 Å². The summed E-state index contributed by atoms with van der Waals surface area (Å²) in [6.45, 7) is 0. The molecule has 5 heteroatoms. The summed E-state index contributed by atoms with van der Waals surface area (Å²) in [5, 5.41) is 13.2. The fourth-order valence-corrected chi connectivity index (χ4v) is 1.86. The zero-order chi connectivity index (χ0) is 12.4. The molecule has 0 amide bonds. The average molecular weight is 248 g/mol. The van der Waals surface area contributed by atoms with E-state index in [0.717, 1.165) is 0 Å². The van der Waals surface area contributed by atoms with Crippen LogP contribution in [0.25, 0.3) is 10.9 Å². The van der Waals surface area contributed by atoms with Crippen molar-refractivity contribution in [3.63, 3.8) is 0 Å². The molecule has 0 aliphatic carbocycles. The molecule has 0 radical (unpaired) electrons. The summed E-state index contributed by atoms with van der Waals surface area (Å²) in [5.74, 6) is 1.19. The van der Waals surface area contributed by atoms with E-state index in [9.17, 15) is 0 Å². The third kappa shape index (κ3) is 1.85. The van der Waals surface area contributed by atoms with E-state index in [4.69, 9.17) is 21.6 Å². The Hall–Kier alpha value is -1.99. The normalized spacial score (nSPS) is 10.0. The number of methoxy groups -OCH3 is 1. The highest BCUT2D eigenvalue weighted by molar-refractivity contribution is 6.35. The second kappa shape index (κ2) is 4.48. The Labute approximate surface area is 104 Å². The van der Waals surface area contributed by atoms with Gasteiger partial charge >= 0.3 is 0 Å². The number of nitriles is 1. The van der Waals surface area contributed by atoms with E-state index < -0.39 is 0 Å². The Balaban J connectivity index is 2.93. The topological polar surface area (TPSA) is 57.9 Å². The minimum Gasteiger partial charge on any atom is -0.496 e. The lowest BCUT2D eigenvalue weighted by Crippen LogP contribution is -1.96. The van der Waals surface area contributed by atoms with E-state index in [0.29, 0.717) is 33.1 Å². The van der Waals surface area contributed by atoms with Gasteiger partial charge in [-0.05, 0) is 18.2 Å². The van der Waals surface area contributed by atoms with Crippen LogP contribution in [0.1, 0.15) is 5.56 Å². The maximum atomic E-state index is 9.16. The molecule has 1 N–H and O–H groups in total. The zero-order valence-corrected chi connectivity index (χ0v) is 10.2. The molecular weight excluding hydrogens is 238 g/mol. The number of anilines is 1. The number of hydrogen-bond donors (Lipinski definition) is 1. The third-order valence-corrected chi connectivity index (χ3v) is 2.77. The van der Waals surface area contributed by atoms with Crippen molar-refractivity contribution in [3.8, 4) is 11.8 Å². The first-order valence-corrected chi connectivity index (χ1v) is 5.34. The summed E-state index contributed by atoms with van der Waals surface area (Å²) in [7, 11) is 3.29. The maximum absolute atomic E-state index is 9.16. The van der Waals surface area contributed by atoms with E-state index >= 15 is 0 Å². The minimum absolute atomic E-state index is 0.485. The van der Waals surface area contributed by atoms with Gasteiger partial charge in [0.2, 0.25) is 0 Å². The van der Waals surface area contributed by atoms with Crippen molar-refractivity contribution in [2.45, 2.75) is 0 Å². The Kier molecular flexibility index (Phi) is 3.03. The number of fused-ring (bicyclic) bond motifs is 1. The van der Waals surface area contributed by atoms with Crippen LogP contribution < -0.4 is 10.1 Å². The van der Waals surface area contributed by atoms with Crippen LogP contribution in [-0.2, 0) is 0 Å². The highest BCUT2D eigenvalue weighted by atomic mass is 35.5. The summed E-state index contributed by atoms with van der Waals surface area (Å²) in [5.41, 5.74) is 1.05. The predicted octanol–water partition coefficient (Wildman–Crippen LogP) is 2.81. The fraction of sp³-hybridized carbons (Fsp3) is 0.167. The number of nitrogens with zero attached hydrogens (tertiary/aromatic N) is 2. The van der Waals surface area contributed by atoms with Gasteiger partial charge in [0.1, 0.15) is 17.6 Å². The van der Waals surface area contributed by atoms with Crippen LogP contribution in [0.2, 0.25) is 5.02 Å². The second-order valence-corrected chi connectivity index (χ2v) is 3.80. The van der Waals surface area contributed by atoms with Crippen LogP contribution in [0, 0.1) is 11.3 Å². The highest BCUT2D eigenvalue weighted by Crippen LogP contribution is 2.33. The standard InChI is InChI=1S/C12H10ClN3O/c1-15-10-5-7(6-14)11-9(17-2)4-3-8(13)12(11)16-10/h3-5H,1-2H3,(H,15,16). The molecular formula is C12H10ClN3O. The van der Waals surface area contributed by atoms with E-state index in [-0.39, 0.29) is 0 Å². The van der Waals surface area contributed by atoms with E-state index in [2.05, 4.69) is 16.4 Å². The Morgan fingerprint density at radius 2 is 2.24 bits per heavy atom. The van der Waals surface area contributed by atoms with E-state index in [1.54, 1.807) is 32.4 Å². The van der Waals surface area contributed by atoms with Crippen LogP contribution >= 0.6 is 11.6 Å². The summed E-state index contributed by atoms with van der Waals surface area (Å²) in [4.78, 5) is 4.34.